The number of aromatic nitrogens is 6. The maximum Gasteiger partial charge on any atom is 0.226 e. The van der Waals surface area contributed by atoms with E-state index in [4.69, 9.17) is 4.74 Å². The Kier molecular flexibility index (Phi) is 3.73. The van der Waals surface area contributed by atoms with Crippen LogP contribution in [0.1, 0.15) is 29.3 Å². The molecule has 0 fully saturated rings. The minimum Gasteiger partial charge on any atom is -0.504 e. The van der Waals surface area contributed by atoms with Gasteiger partial charge < -0.3 is 15.2 Å². The van der Waals surface area contributed by atoms with Crippen LogP contribution in [0.25, 0.3) is 11.5 Å². The van der Waals surface area contributed by atoms with Gasteiger partial charge in [-0.3, -0.25) is 4.79 Å². The molecular formula is C19H17N7O3. The van der Waals surface area contributed by atoms with Crippen LogP contribution in [-0.4, -0.2) is 47.7 Å². The molecule has 0 saturated heterocycles. The summed E-state index contributed by atoms with van der Waals surface area (Å²) in [5.74, 6) is 1.81. The second-order valence-corrected chi connectivity index (χ2v) is 6.81. The van der Waals surface area contributed by atoms with Gasteiger partial charge in [0, 0.05) is 17.9 Å². The average Bonchev–Trinajstić information content (AvgIpc) is 3.31. The summed E-state index contributed by atoms with van der Waals surface area (Å²) in [7, 11) is 1.49. The second-order valence-electron chi connectivity index (χ2n) is 6.81. The number of phenols is 1. The van der Waals surface area contributed by atoms with E-state index < -0.39 is 0 Å². The Hall–Kier alpha value is -3.95. The Labute approximate surface area is 164 Å². The number of benzene rings is 1. The number of methoxy groups -OCH3 is 1. The summed E-state index contributed by atoms with van der Waals surface area (Å²) in [5, 5.41) is 29.8. The molecule has 10 heteroatoms. The molecule has 10 nitrogen and oxygen atoms in total. The lowest BCUT2D eigenvalue weighted by Gasteiger charge is -2.24. The number of aryl methyl sites for hydroxylation is 1. The van der Waals surface area contributed by atoms with Crippen molar-refractivity contribution in [2.45, 2.75) is 19.3 Å². The molecule has 3 aromatic heterocycles. The van der Waals surface area contributed by atoms with Crippen molar-refractivity contribution in [2.75, 3.05) is 12.4 Å². The lowest BCUT2D eigenvalue weighted by atomic mass is 9.87. The van der Waals surface area contributed by atoms with Crippen LogP contribution in [0.3, 0.4) is 0 Å². The van der Waals surface area contributed by atoms with Gasteiger partial charge >= 0.3 is 0 Å². The van der Waals surface area contributed by atoms with Crippen molar-refractivity contribution < 1.29 is 14.6 Å². The summed E-state index contributed by atoms with van der Waals surface area (Å²) in [4.78, 5) is 12.5. The van der Waals surface area contributed by atoms with Crippen molar-refractivity contribution in [1.82, 2.24) is 29.6 Å². The van der Waals surface area contributed by atoms with Gasteiger partial charge in [-0.25, -0.2) is 0 Å². The maximum atomic E-state index is 12.5. The number of nitrogens with zero attached hydrogens (tertiary/aromatic N) is 6. The van der Waals surface area contributed by atoms with Crippen molar-refractivity contribution >= 4 is 17.4 Å². The summed E-state index contributed by atoms with van der Waals surface area (Å²) < 4.78 is 8.43. The van der Waals surface area contributed by atoms with E-state index in [-0.39, 0.29) is 24.0 Å². The number of fused-ring (bicyclic) bond motifs is 2. The fraction of sp³-hybridized carbons (Fsp3) is 0.211. The van der Waals surface area contributed by atoms with Crippen LogP contribution in [0.15, 0.2) is 36.5 Å². The molecule has 1 unspecified atom stereocenters. The predicted octanol–water partition coefficient (Wildman–Crippen LogP) is 1.81. The van der Waals surface area contributed by atoms with Crippen LogP contribution >= 0.6 is 0 Å². The lowest BCUT2D eigenvalue weighted by Crippen LogP contribution is -2.25. The molecule has 1 aliphatic heterocycles. The van der Waals surface area contributed by atoms with Crippen molar-refractivity contribution in [1.29, 1.82) is 0 Å². The molecule has 4 aromatic rings. The monoisotopic (exact) mass is 391 g/mol. The van der Waals surface area contributed by atoms with E-state index in [9.17, 15) is 9.90 Å². The van der Waals surface area contributed by atoms with Gasteiger partial charge in [0.05, 0.1) is 13.3 Å². The van der Waals surface area contributed by atoms with E-state index in [2.05, 4.69) is 25.7 Å². The molecule has 1 aliphatic rings. The van der Waals surface area contributed by atoms with Gasteiger partial charge in [-0.15, -0.1) is 15.3 Å². The number of anilines is 1. The Morgan fingerprint density at radius 1 is 1.24 bits per heavy atom. The fourth-order valence-electron chi connectivity index (χ4n) is 3.60. The molecule has 1 amide bonds. The average molecular weight is 391 g/mol. The highest BCUT2D eigenvalue weighted by Crippen LogP contribution is 2.40. The van der Waals surface area contributed by atoms with Gasteiger partial charge in [-0.05, 0) is 36.8 Å². The Morgan fingerprint density at radius 2 is 2.10 bits per heavy atom. The molecule has 0 radical (unpaired) electrons. The number of amides is 1. The zero-order chi connectivity index (χ0) is 20.1. The van der Waals surface area contributed by atoms with Crippen molar-refractivity contribution in [3.05, 3.63) is 53.5 Å². The quantitative estimate of drug-likeness (QED) is 0.546. The molecule has 1 atom stereocenters. The van der Waals surface area contributed by atoms with Crippen LogP contribution in [0.4, 0.5) is 5.82 Å². The molecule has 2 N–H and O–H groups in total. The first-order valence-electron chi connectivity index (χ1n) is 8.99. The van der Waals surface area contributed by atoms with Crippen molar-refractivity contribution in [2.24, 2.45) is 0 Å². The molecule has 146 valence electrons. The summed E-state index contributed by atoms with van der Waals surface area (Å²) in [6.07, 6.45) is 1.99. The van der Waals surface area contributed by atoms with Crippen LogP contribution in [0.2, 0.25) is 0 Å². The number of aromatic hydroxyl groups is 1. The maximum absolute atomic E-state index is 12.5. The minimum atomic E-state index is -0.220. The third-order valence-corrected chi connectivity index (χ3v) is 5.05. The number of hydrogen-bond acceptors (Lipinski definition) is 7. The normalized spacial score (nSPS) is 15.9. The van der Waals surface area contributed by atoms with Gasteiger partial charge in [0.1, 0.15) is 5.82 Å². The number of ether oxygens (including phenoxy) is 1. The van der Waals surface area contributed by atoms with E-state index in [1.165, 1.54) is 7.11 Å². The predicted molar refractivity (Wildman–Crippen MR) is 102 cm³/mol. The standard InChI is InChI=1S/C19H17N7O3/c1-10-22-23-16-5-6-17(24-25(10)16)26-19-13(9-20-26)12(8-18(28)21-19)11-3-4-14(27)15(7-11)29-2/h3-7,9,12,27H,8H2,1-2H3,(H,21,28). The minimum absolute atomic E-state index is 0.0502. The van der Waals surface area contributed by atoms with Crippen LogP contribution < -0.4 is 10.1 Å². The van der Waals surface area contributed by atoms with Gasteiger partial charge in [0.15, 0.2) is 28.8 Å². The van der Waals surface area contributed by atoms with Crippen molar-refractivity contribution in [3.8, 4) is 17.3 Å². The topological polar surface area (TPSA) is 119 Å². The molecule has 0 spiro atoms. The largest absolute Gasteiger partial charge is 0.504 e. The highest BCUT2D eigenvalue weighted by Gasteiger charge is 2.31. The Bertz CT molecular complexity index is 1260. The van der Waals surface area contributed by atoms with E-state index >= 15 is 0 Å². The summed E-state index contributed by atoms with van der Waals surface area (Å²) in [6, 6.07) is 8.66. The van der Waals surface area contributed by atoms with E-state index in [0.717, 1.165) is 11.1 Å². The highest BCUT2D eigenvalue weighted by atomic mass is 16.5. The van der Waals surface area contributed by atoms with Crippen molar-refractivity contribution in [3.63, 3.8) is 0 Å². The SMILES string of the molecule is COc1cc(C2CC(=O)Nc3c2cnn3-c2ccc3nnc(C)n3n2)ccc1O. The number of phenolic OH excluding ortho intramolecular Hbond substituents is 1. The van der Waals surface area contributed by atoms with Crippen LogP contribution in [0.5, 0.6) is 11.5 Å². The van der Waals surface area contributed by atoms with Crippen LogP contribution in [-0.2, 0) is 4.79 Å². The molecule has 0 saturated carbocycles. The summed E-state index contributed by atoms with van der Waals surface area (Å²) in [5.41, 5.74) is 2.35. The Balaban J connectivity index is 1.62. The first-order chi connectivity index (χ1) is 14.0. The Morgan fingerprint density at radius 3 is 2.93 bits per heavy atom. The molecule has 0 aliphatic carbocycles. The molecule has 0 bridgehead atoms. The lowest BCUT2D eigenvalue weighted by molar-refractivity contribution is -0.116. The molecule has 4 heterocycles. The molecule has 5 rings (SSSR count). The van der Waals surface area contributed by atoms with Crippen LogP contribution in [0, 0.1) is 6.92 Å². The number of nitrogens with one attached hydrogen (secondary N) is 1. The number of rotatable bonds is 3. The van der Waals surface area contributed by atoms with Gasteiger partial charge in [-0.1, -0.05) is 6.07 Å². The number of carbonyl (C=O) groups excluding carboxylic acids is 1. The number of hydrogen-bond donors (Lipinski definition) is 2. The molecule has 29 heavy (non-hydrogen) atoms. The second kappa shape index (κ2) is 6.30. The molecule has 1 aromatic carbocycles. The number of carbonyl (C=O) groups is 1. The van der Waals surface area contributed by atoms with Gasteiger partial charge in [0.25, 0.3) is 0 Å². The van der Waals surface area contributed by atoms with E-state index in [1.807, 2.05) is 6.92 Å². The zero-order valence-corrected chi connectivity index (χ0v) is 15.7. The highest BCUT2D eigenvalue weighted by molar-refractivity contribution is 5.94. The first-order valence-corrected chi connectivity index (χ1v) is 8.99. The molecular weight excluding hydrogens is 374 g/mol. The smallest absolute Gasteiger partial charge is 0.226 e. The summed E-state index contributed by atoms with van der Waals surface area (Å²) >= 11 is 0. The third kappa shape index (κ3) is 2.68. The summed E-state index contributed by atoms with van der Waals surface area (Å²) in [6.45, 7) is 1.81. The van der Waals surface area contributed by atoms with E-state index in [0.29, 0.717) is 28.9 Å². The first kappa shape index (κ1) is 17.2. The zero-order valence-electron chi connectivity index (χ0n) is 15.7. The van der Waals surface area contributed by atoms with Gasteiger partial charge in [-0.2, -0.15) is 14.3 Å². The fourth-order valence-corrected chi connectivity index (χ4v) is 3.60. The van der Waals surface area contributed by atoms with E-state index in [1.54, 1.807) is 45.7 Å². The van der Waals surface area contributed by atoms with Gasteiger partial charge in [0.2, 0.25) is 5.91 Å². The third-order valence-electron chi connectivity index (χ3n) is 5.05.